The van der Waals surface area contributed by atoms with Gasteiger partial charge in [-0.2, -0.15) is 0 Å². The molecule has 1 amide bonds. The average Bonchev–Trinajstić information content (AvgIpc) is 2.69. The summed E-state index contributed by atoms with van der Waals surface area (Å²) in [5, 5.41) is 12.6. The van der Waals surface area contributed by atoms with Crippen LogP contribution in [-0.2, 0) is 15.6 Å². The number of aryl methyl sites for hydroxylation is 1. The fourth-order valence-electron chi connectivity index (χ4n) is 2.65. The van der Waals surface area contributed by atoms with Gasteiger partial charge in [0.2, 0.25) is 15.0 Å². The van der Waals surface area contributed by atoms with Gasteiger partial charge in [0, 0.05) is 16.6 Å². The van der Waals surface area contributed by atoms with E-state index in [9.17, 15) is 23.3 Å². The Balaban J connectivity index is 1.88. The van der Waals surface area contributed by atoms with Gasteiger partial charge < -0.3 is 5.32 Å². The zero-order valence-electron chi connectivity index (χ0n) is 15.9. The summed E-state index contributed by atoms with van der Waals surface area (Å²) in [5.41, 5.74) is 1.16. The van der Waals surface area contributed by atoms with E-state index in [1.807, 2.05) is 13.0 Å². The molecule has 1 heterocycles. The molecule has 2 aromatic carbocycles. The molecule has 0 aliphatic rings. The molecular weight excluding hydrogens is 512 g/mol. The van der Waals surface area contributed by atoms with E-state index in [2.05, 4.69) is 31.2 Å². The Morgan fingerprint density at radius 1 is 1.26 bits per heavy atom. The largest absolute Gasteiger partial charge is 0.320 e. The molecule has 1 aromatic heterocycles. The van der Waals surface area contributed by atoms with Gasteiger partial charge in [0.1, 0.15) is 0 Å². The molecule has 0 spiro atoms. The number of sulfone groups is 1. The van der Waals surface area contributed by atoms with Crippen molar-refractivity contribution in [2.75, 3.05) is 5.32 Å². The lowest BCUT2D eigenvalue weighted by Crippen LogP contribution is -2.18. The average molecular weight is 526 g/mol. The Hall–Kier alpha value is -2.89. The predicted molar refractivity (Wildman–Crippen MR) is 118 cm³/mol. The number of hydrogen-bond donors (Lipinski definition) is 1. The zero-order valence-corrected chi connectivity index (χ0v) is 19.0. The summed E-state index contributed by atoms with van der Waals surface area (Å²) in [4.78, 5) is 30.6. The predicted octanol–water partition coefficient (Wildman–Crippen LogP) is 4.34. The molecule has 0 aliphatic carbocycles. The molecule has 3 aromatic rings. The lowest BCUT2D eigenvalue weighted by molar-refractivity contribution is -0.384. The number of aromatic nitrogens is 2. The standard InChI is InChI=1S/C19H14BrClN4O5S/c1-11-3-2-4-12(7-11)10-31(29,30)19-22-9-15(21)17(24-19)18(26)23-16-6-5-13(25(27)28)8-14(16)20/h2-9H,10H2,1H3,(H,23,26). The summed E-state index contributed by atoms with van der Waals surface area (Å²) in [5.74, 6) is -1.14. The van der Waals surface area contributed by atoms with Gasteiger partial charge in [-0.05, 0) is 34.5 Å². The smallest absolute Gasteiger partial charge is 0.276 e. The topological polar surface area (TPSA) is 132 Å². The first kappa shape index (κ1) is 22.8. The molecule has 0 saturated carbocycles. The molecule has 0 atom stereocenters. The van der Waals surface area contributed by atoms with Gasteiger partial charge in [-0.25, -0.2) is 18.4 Å². The fourth-order valence-corrected chi connectivity index (χ4v) is 4.48. The van der Waals surface area contributed by atoms with E-state index < -0.39 is 25.8 Å². The van der Waals surface area contributed by atoms with Gasteiger partial charge in [0.15, 0.2) is 5.69 Å². The van der Waals surface area contributed by atoms with Crippen molar-refractivity contribution in [3.8, 4) is 0 Å². The quantitative estimate of drug-likeness (QED) is 0.288. The minimum atomic E-state index is -3.94. The van der Waals surface area contributed by atoms with Crippen molar-refractivity contribution < 1.29 is 18.1 Å². The molecule has 31 heavy (non-hydrogen) atoms. The molecule has 0 unspecified atom stereocenters. The normalized spacial score (nSPS) is 11.2. The number of hydrogen-bond acceptors (Lipinski definition) is 7. The summed E-state index contributed by atoms with van der Waals surface area (Å²) in [6.07, 6.45) is 1.04. The Bertz CT molecular complexity index is 1300. The second-order valence-corrected chi connectivity index (χ2v) is 9.62. The lowest BCUT2D eigenvalue weighted by Gasteiger charge is -2.09. The van der Waals surface area contributed by atoms with E-state index in [0.717, 1.165) is 11.8 Å². The highest BCUT2D eigenvalue weighted by molar-refractivity contribution is 9.10. The van der Waals surface area contributed by atoms with Crippen LogP contribution >= 0.6 is 27.5 Å². The first-order valence-electron chi connectivity index (χ1n) is 8.63. The van der Waals surface area contributed by atoms with E-state index in [4.69, 9.17) is 11.6 Å². The maximum atomic E-state index is 12.7. The number of halogens is 2. The third-order valence-corrected chi connectivity index (χ3v) is 6.47. The highest BCUT2D eigenvalue weighted by Gasteiger charge is 2.23. The van der Waals surface area contributed by atoms with Crippen LogP contribution in [0.25, 0.3) is 0 Å². The van der Waals surface area contributed by atoms with Gasteiger partial charge in [0.25, 0.3) is 11.6 Å². The number of nitrogens with zero attached hydrogens (tertiary/aromatic N) is 3. The molecule has 160 valence electrons. The molecular formula is C19H14BrClN4O5S. The third-order valence-electron chi connectivity index (χ3n) is 4.07. The Morgan fingerprint density at radius 2 is 2.00 bits per heavy atom. The minimum Gasteiger partial charge on any atom is -0.320 e. The SMILES string of the molecule is Cc1cccc(CS(=O)(=O)c2ncc(Cl)c(C(=O)Nc3ccc([N+](=O)[O-])cc3Br)n2)c1. The van der Waals surface area contributed by atoms with Crippen LogP contribution < -0.4 is 5.32 Å². The van der Waals surface area contributed by atoms with E-state index >= 15 is 0 Å². The number of carbonyl (C=O) groups is 1. The van der Waals surface area contributed by atoms with Gasteiger partial charge in [-0.1, -0.05) is 41.4 Å². The molecule has 3 rings (SSSR count). The van der Waals surface area contributed by atoms with Gasteiger partial charge in [-0.3, -0.25) is 14.9 Å². The van der Waals surface area contributed by atoms with Crippen LogP contribution in [0.1, 0.15) is 21.6 Å². The van der Waals surface area contributed by atoms with Crippen LogP contribution in [0.5, 0.6) is 0 Å². The maximum Gasteiger partial charge on any atom is 0.276 e. The molecule has 0 aliphatic heterocycles. The van der Waals surface area contributed by atoms with Crippen molar-refractivity contribution in [1.29, 1.82) is 0 Å². The minimum absolute atomic E-state index is 0.148. The molecule has 0 saturated heterocycles. The Labute approximate surface area is 190 Å². The molecule has 1 N–H and O–H groups in total. The van der Waals surface area contributed by atoms with Crippen molar-refractivity contribution in [2.45, 2.75) is 17.8 Å². The van der Waals surface area contributed by atoms with Gasteiger partial charge >= 0.3 is 0 Å². The van der Waals surface area contributed by atoms with Crippen LogP contribution in [0.15, 0.2) is 58.3 Å². The van der Waals surface area contributed by atoms with Crippen molar-refractivity contribution in [2.24, 2.45) is 0 Å². The number of nitro benzene ring substituents is 1. The molecule has 0 fully saturated rings. The fraction of sp³-hybridized carbons (Fsp3) is 0.105. The zero-order chi connectivity index (χ0) is 22.8. The summed E-state index contributed by atoms with van der Waals surface area (Å²) in [7, 11) is -3.94. The van der Waals surface area contributed by atoms with Gasteiger partial charge in [0.05, 0.1) is 27.6 Å². The number of nitro groups is 1. The Morgan fingerprint density at radius 3 is 2.65 bits per heavy atom. The van der Waals surface area contributed by atoms with E-state index in [-0.39, 0.29) is 32.3 Å². The first-order chi connectivity index (χ1) is 14.6. The number of non-ortho nitro benzene ring substituents is 1. The van der Waals surface area contributed by atoms with Crippen LogP contribution in [0, 0.1) is 17.0 Å². The Kier molecular flexibility index (Phi) is 6.68. The van der Waals surface area contributed by atoms with Crippen molar-refractivity contribution in [1.82, 2.24) is 9.97 Å². The summed E-state index contributed by atoms with van der Waals surface area (Å²) in [6.45, 7) is 1.84. The molecule has 0 radical (unpaired) electrons. The summed E-state index contributed by atoms with van der Waals surface area (Å²) in [6, 6.07) is 10.7. The van der Waals surface area contributed by atoms with Crippen molar-refractivity contribution in [3.63, 3.8) is 0 Å². The third kappa shape index (κ3) is 5.43. The number of benzene rings is 2. The highest BCUT2D eigenvalue weighted by atomic mass is 79.9. The van der Waals surface area contributed by atoms with E-state index in [0.29, 0.717) is 5.56 Å². The highest BCUT2D eigenvalue weighted by Crippen LogP contribution is 2.28. The number of nitrogens with one attached hydrogen (secondary N) is 1. The number of carbonyl (C=O) groups excluding carboxylic acids is 1. The number of anilines is 1. The van der Waals surface area contributed by atoms with E-state index in [1.54, 1.807) is 18.2 Å². The lowest BCUT2D eigenvalue weighted by atomic mass is 10.2. The van der Waals surface area contributed by atoms with E-state index in [1.165, 1.54) is 18.2 Å². The second kappa shape index (κ2) is 9.08. The molecule has 12 heteroatoms. The van der Waals surface area contributed by atoms with Crippen molar-refractivity contribution in [3.05, 3.63) is 85.1 Å². The van der Waals surface area contributed by atoms with Crippen LogP contribution in [0.2, 0.25) is 5.02 Å². The first-order valence-corrected chi connectivity index (χ1v) is 11.5. The van der Waals surface area contributed by atoms with Crippen LogP contribution in [-0.4, -0.2) is 29.2 Å². The summed E-state index contributed by atoms with van der Waals surface area (Å²) < 4.78 is 25.7. The maximum absolute atomic E-state index is 12.7. The van der Waals surface area contributed by atoms with Crippen LogP contribution in [0.3, 0.4) is 0 Å². The van der Waals surface area contributed by atoms with Gasteiger partial charge in [-0.15, -0.1) is 0 Å². The van der Waals surface area contributed by atoms with Crippen molar-refractivity contribution >= 4 is 54.7 Å². The monoisotopic (exact) mass is 524 g/mol. The van der Waals surface area contributed by atoms with Crippen LogP contribution in [0.4, 0.5) is 11.4 Å². The molecule has 9 nitrogen and oxygen atoms in total. The molecule has 0 bridgehead atoms. The second-order valence-electron chi connectivity index (χ2n) is 6.47. The number of rotatable bonds is 6. The number of amides is 1. The summed E-state index contributed by atoms with van der Waals surface area (Å²) >= 11 is 9.16.